The average molecular weight is 490 g/mol. The van der Waals surface area contributed by atoms with Crippen molar-refractivity contribution in [3.63, 3.8) is 0 Å². The molecular weight excluding hydrogens is 469 g/mol. The van der Waals surface area contributed by atoms with Crippen LogP contribution in [-0.2, 0) is 6.54 Å². The lowest BCUT2D eigenvalue weighted by Gasteiger charge is -2.11. The molecule has 0 saturated carbocycles. The van der Waals surface area contributed by atoms with Gasteiger partial charge in [0.1, 0.15) is 5.75 Å². The minimum absolute atomic E-state index is 0. The third-order valence-corrected chi connectivity index (χ3v) is 4.08. The maximum atomic E-state index is 6.21. The van der Waals surface area contributed by atoms with Crippen molar-refractivity contribution < 1.29 is 14.2 Å². The number of fused-ring (bicyclic) bond motifs is 1. The number of ether oxygens (including phenoxy) is 3. The van der Waals surface area contributed by atoms with Gasteiger partial charge in [0.05, 0.1) is 26.9 Å². The van der Waals surface area contributed by atoms with Crippen LogP contribution in [0.25, 0.3) is 0 Å². The third-order valence-electron chi connectivity index (χ3n) is 3.72. The Morgan fingerprint density at radius 2 is 2.00 bits per heavy atom. The van der Waals surface area contributed by atoms with E-state index in [4.69, 9.17) is 31.5 Å². The first kappa shape index (κ1) is 20.4. The third kappa shape index (κ3) is 5.07. The summed E-state index contributed by atoms with van der Waals surface area (Å²) in [5, 5.41) is 3.64. The van der Waals surface area contributed by atoms with Crippen molar-refractivity contribution in [3.8, 4) is 17.2 Å². The second-order valence-electron chi connectivity index (χ2n) is 5.46. The van der Waals surface area contributed by atoms with Crippen LogP contribution in [0.1, 0.15) is 12.0 Å². The number of anilines is 1. The van der Waals surface area contributed by atoms with Crippen molar-refractivity contribution in [2.45, 2.75) is 13.0 Å². The fourth-order valence-corrected chi connectivity index (χ4v) is 2.70. The summed E-state index contributed by atoms with van der Waals surface area (Å²) in [6.45, 7) is 1.60. The highest BCUT2D eigenvalue weighted by Gasteiger charge is 2.11. The number of guanidine groups is 1. The molecule has 0 aliphatic carbocycles. The molecule has 2 aromatic carbocycles. The standard InChI is InChI=1S/C18H20ClN3O3.HI/c1-23-15-5-2-4-14(19)13(15)11-21-18(20)22-12-6-7-16-17(10-12)25-9-3-8-24-16;/h2,4-7,10H,3,8-9,11H2,1H3,(H3,20,21,22);1H. The van der Waals surface area contributed by atoms with E-state index in [2.05, 4.69) is 10.3 Å². The minimum atomic E-state index is 0. The first-order chi connectivity index (χ1) is 12.2. The summed E-state index contributed by atoms with van der Waals surface area (Å²) in [5.74, 6) is 2.39. The van der Waals surface area contributed by atoms with Crippen LogP contribution in [-0.4, -0.2) is 26.3 Å². The van der Waals surface area contributed by atoms with Gasteiger partial charge >= 0.3 is 0 Å². The fraction of sp³-hybridized carbons (Fsp3) is 0.278. The van der Waals surface area contributed by atoms with E-state index in [9.17, 15) is 0 Å². The summed E-state index contributed by atoms with van der Waals surface area (Å²) in [6.07, 6.45) is 0.862. The maximum absolute atomic E-state index is 6.21. The summed E-state index contributed by atoms with van der Waals surface area (Å²) in [7, 11) is 1.60. The zero-order valence-corrected chi connectivity index (χ0v) is 17.4. The summed E-state index contributed by atoms with van der Waals surface area (Å²) in [5.41, 5.74) is 7.55. The highest BCUT2D eigenvalue weighted by atomic mass is 127. The zero-order valence-electron chi connectivity index (χ0n) is 14.3. The summed E-state index contributed by atoms with van der Waals surface area (Å²) < 4.78 is 16.6. The Labute approximate surface area is 174 Å². The molecule has 8 heteroatoms. The van der Waals surface area contributed by atoms with Gasteiger partial charge in [-0.2, -0.15) is 0 Å². The predicted octanol–water partition coefficient (Wildman–Crippen LogP) is 4.05. The first-order valence-corrected chi connectivity index (χ1v) is 8.33. The smallest absolute Gasteiger partial charge is 0.193 e. The largest absolute Gasteiger partial charge is 0.496 e. The van der Waals surface area contributed by atoms with Gasteiger partial charge in [0.15, 0.2) is 17.5 Å². The van der Waals surface area contributed by atoms with Gasteiger partial charge in [-0.05, 0) is 24.3 Å². The van der Waals surface area contributed by atoms with Crippen molar-refractivity contribution >= 4 is 47.2 Å². The predicted molar refractivity (Wildman–Crippen MR) is 114 cm³/mol. The molecule has 1 aliphatic rings. The second-order valence-corrected chi connectivity index (χ2v) is 5.87. The van der Waals surface area contributed by atoms with E-state index in [1.165, 1.54) is 0 Å². The van der Waals surface area contributed by atoms with Gasteiger partial charge < -0.3 is 25.3 Å². The van der Waals surface area contributed by atoms with E-state index in [0.29, 0.717) is 36.3 Å². The van der Waals surface area contributed by atoms with E-state index < -0.39 is 0 Å². The number of methoxy groups -OCH3 is 1. The van der Waals surface area contributed by atoms with E-state index in [0.717, 1.165) is 23.4 Å². The molecule has 0 amide bonds. The van der Waals surface area contributed by atoms with Crippen molar-refractivity contribution in [1.82, 2.24) is 0 Å². The van der Waals surface area contributed by atoms with Crippen molar-refractivity contribution in [3.05, 3.63) is 47.0 Å². The van der Waals surface area contributed by atoms with Crippen molar-refractivity contribution in [2.75, 3.05) is 25.6 Å². The molecule has 140 valence electrons. The number of aliphatic imine (C=N–C) groups is 1. The molecule has 0 fully saturated rings. The second kappa shape index (κ2) is 9.72. The van der Waals surface area contributed by atoms with Crippen LogP contribution in [0.5, 0.6) is 17.2 Å². The molecular formula is C18H21ClIN3O3. The van der Waals surface area contributed by atoms with Gasteiger partial charge in [0.25, 0.3) is 0 Å². The number of hydrogen-bond donors (Lipinski definition) is 2. The Morgan fingerprint density at radius 3 is 2.77 bits per heavy atom. The monoisotopic (exact) mass is 489 g/mol. The summed E-state index contributed by atoms with van der Waals surface area (Å²) in [4.78, 5) is 4.34. The quantitative estimate of drug-likeness (QED) is 0.385. The molecule has 0 radical (unpaired) electrons. The molecule has 2 aromatic rings. The molecule has 0 aromatic heterocycles. The van der Waals surface area contributed by atoms with Gasteiger partial charge in [0.2, 0.25) is 0 Å². The highest BCUT2D eigenvalue weighted by Crippen LogP contribution is 2.32. The normalized spacial score (nSPS) is 13.4. The molecule has 0 atom stereocenters. The van der Waals surface area contributed by atoms with E-state index in [1.807, 2.05) is 30.3 Å². The number of nitrogens with zero attached hydrogens (tertiary/aromatic N) is 1. The number of hydrogen-bond acceptors (Lipinski definition) is 4. The molecule has 1 aliphatic heterocycles. The fourth-order valence-electron chi connectivity index (χ4n) is 2.48. The van der Waals surface area contributed by atoms with Crippen LogP contribution in [0.3, 0.4) is 0 Å². The number of nitrogens with two attached hydrogens (primary N) is 1. The Hall–Kier alpha value is -1.87. The van der Waals surface area contributed by atoms with Gasteiger partial charge in [-0.15, -0.1) is 24.0 Å². The lowest BCUT2D eigenvalue weighted by molar-refractivity contribution is 0.297. The topological polar surface area (TPSA) is 78.1 Å². The lowest BCUT2D eigenvalue weighted by Crippen LogP contribution is -2.22. The Morgan fingerprint density at radius 1 is 1.23 bits per heavy atom. The highest BCUT2D eigenvalue weighted by molar-refractivity contribution is 14.0. The van der Waals surface area contributed by atoms with E-state index >= 15 is 0 Å². The summed E-state index contributed by atoms with van der Waals surface area (Å²) >= 11 is 6.21. The number of benzene rings is 2. The maximum Gasteiger partial charge on any atom is 0.193 e. The Balaban J connectivity index is 0.00000243. The molecule has 26 heavy (non-hydrogen) atoms. The van der Waals surface area contributed by atoms with Crippen molar-refractivity contribution in [1.29, 1.82) is 0 Å². The van der Waals surface area contributed by atoms with Crippen LogP contribution in [0, 0.1) is 0 Å². The van der Waals surface area contributed by atoms with E-state index in [1.54, 1.807) is 13.2 Å². The Bertz CT molecular complexity index is 786. The van der Waals surface area contributed by atoms with Crippen LogP contribution in [0.2, 0.25) is 5.02 Å². The zero-order chi connectivity index (χ0) is 17.6. The number of halogens is 2. The van der Waals surface area contributed by atoms with E-state index in [-0.39, 0.29) is 29.9 Å². The molecule has 6 nitrogen and oxygen atoms in total. The molecule has 0 saturated heterocycles. The average Bonchev–Trinajstić information content (AvgIpc) is 2.85. The molecule has 1 heterocycles. The van der Waals surface area contributed by atoms with Crippen LogP contribution >= 0.6 is 35.6 Å². The molecule has 3 N–H and O–H groups in total. The van der Waals surface area contributed by atoms with Gasteiger partial charge in [-0.1, -0.05) is 17.7 Å². The van der Waals surface area contributed by atoms with Crippen molar-refractivity contribution in [2.24, 2.45) is 10.7 Å². The lowest BCUT2D eigenvalue weighted by atomic mass is 10.2. The first-order valence-electron chi connectivity index (χ1n) is 7.95. The Kier molecular flexibility index (Phi) is 7.65. The van der Waals surface area contributed by atoms with Crippen LogP contribution in [0.15, 0.2) is 41.4 Å². The van der Waals surface area contributed by atoms with Crippen LogP contribution in [0.4, 0.5) is 5.69 Å². The SMILES string of the molecule is COc1cccc(Cl)c1CN=C(N)Nc1ccc2c(c1)OCCCO2.I. The van der Waals surface area contributed by atoms with Gasteiger partial charge in [0, 0.05) is 28.8 Å². The molecule has 0 spiro atoms. The minimum Gasteiger partial charge on any atom is -0.496 e. The number of rotatable bonds is 4. The van der Waals surface area contributed by atoms with Gasteiger partial charge in [-0.3, -0.25) is 0 Å². The molecule has 0 bridgehead atoms. The van der Waals surface area contributed by atoms with Gasteiger partial charge in [-0.25, -0.2) is 4.99 Å². The molecule has 3 rings (SSSR count). The molecule has 0 unspecified atom stereocenters. The summed E-state index contributed by atoms with van der Waals surface area (Å²) in [6, 6.07) is 11.0. The van der Waals surface area contributed by atoms with Crippen LogP contribution < -0.4 is 25.3 Å². The number of nitrogens with one attached hydrogen (secondary N) is 1.